The van der Waals surface area contributed by atoms with E-state index in [2.05, 4.69) is 72.5 Å². The molecule has 2 rings (SSSR count). The molecule has 1 fully saturated rings. The number of alkyl halides is 2. The van der Waals surface area contributed by atoms with Crippen molar-refractivity contribution in [2.75, 3.05) is 0 Å². The number of ether oxygens (including phenoxy) is 2. The number of hydrogen-bond donors (Lipinski definition) is 0. The Morgan fingerprint density at radius 2 is 1.64 bits per heavy atom. The Morgan fingerprint density at radius 3 is 2.20 bits per heavy atom. The normalized spacial score (nSPS) is 21.0. The van der Waals surface area contributed by atoms with Crippen molar-refractivity contribution in [3.63, 3.8) is 0 Å². The lowest BCUT2D eigenvalue weighted by Crippen LogP contribution is -2.46. The van der Waals surface area contributed by atoms with Gasteiger partial charge < -0.3 is 19.4 Å². The van der Waals surface area contributed by atoms with Gasteiger partial charge in [0.05, 0.1) is 11.7 Å². The van der Waals surface area contributed by atoms with E-state index >= 15 is 0 Å². The summed E-state index contributed by atoms with van der Waals surface area (Å²) >= 11 is 6.33. The Morgan fingerprint density at radius 1 is 1.08 bits per heavy atom. The lowest BCUT2D eigenvalue weighted by Gasteiger charge is -2.31. The monoisotopic (exact) mass is 691 g/mol. The zero-order valence-electron chi connectivity index (χ0n) is 12.6. The number of halogens is 5. The third-order valence-electron chi connectivity index (χ3n) is 3.66. The Balaban J connectivity index is 1.92. The molecule has 5 nitrogen and oxygen atoms in total. The lowest BCUT2D eigenvalue weighted by molar-refractivity contribution is -0.369. The van der Waals surface area contributed by atoms with Crippen LogP contribution in [0.1, 0.15) is 36.0 Å². The first-order valence-electron chi connectivity index (χ1n) is 7.22. The van der Waals surface area contributed by atoms with Gasteiger partial charge in [0.1, 0.15) is 12.1 Å². The molecule has 10 heteroatoms. The molecule has 0 bridgehead atoms. The van der Waals surface area contributed by atoms with Crippen molar-refractivity contribution >= 4 is 79.7 Å². The van der Waals surface area contributed by atoms with Crippen LogP contribution in [0.25, 0.3) is 0 Å². The Kier molecular flexibility index (Phi) is 7.65. The molecule has 0 atom stereocenters. The van der Waals surface area contributed by atoms with Gasteiger partial charge in [0.2, 0.25) is 0 Å². The molecule has 25 heavy (non-hydrogen) atoms. The molecule has 1 aromatic carbocycles. The highest BCUT2D eigenvalue weighted by atomic mass is 127. The predicted octanol–water partition coefficient (Wildman–Crippen LogP) is 3.33. The van der Waals surface area contributed by atoms with Crippen LogP contribution >= 0.6 is 67.8 Å². The Bertz CT molecular complexity index is 675. The van der Waals surface area contributed by atoms with E-state index in [4.69, 9.17) is 4.74 Å². The zero-order chi connectivity index (χ0) is 18.8. The van der Waals surface area contributed by atoms with E-state index < -0.39 is 30.3 Å². The van der Waals surface area contributed by atoms with E-state index in [-0.39, 0.29) is 12.8 Å². The summed E-state index contributed by atoms with van der Waals surface area (Å²) in [7, 11) is 0. The van der Waals surface area contributed by atoms with Crippen molar-refractivity contribution in [3.05, 3.63) is 28.4 Å². The SMILES string of the molecule is O=C(OC1CCC(OC(F)(F)C(=O)[O-])CC1)c1cc(I)cc(I)c1I. The molecule has 0 N–H and O–H groups in total. The van der Waals surface area contributed by atoms with Crippen LogP contribution in [-0.4, -0.2) is 30.3 Å². The smallest absolute Gasteiger partial charge is 0.397 e. The molecule has 0 aliphatic heterocycles. The minimum atomic E-state index is -4.30. The maximum atomic E-state index is 13.0. The molecule has 0 radical (unpaired) electrons. The maximum absolute atomic E-state index is 13.0. The van der Waals surface area contributed by atoms with E-state index in [0.29, 0.717) is 18.4 Å². The third kappa shape index (κ3) is 5.82. The molecule has 0 heterocycles. The Hall–Kier alpha value is 0.170. The average Bonchev–Trinajstić information content (AvgIpc) is 2.52. The highest BCUT2D eigenvalue weighted by Gasteiger charge is 2.37. The van der Waals surface area contributed by atoms with Crippen molar-refractivity contribution in [1.29, 1.82) is 0 Å². The van der Waals surface area contributed by atoms with Gasteiger partial charge in [-0.1, -0.05) is 0 Å². The largest absolute Gasteiger partial charge is 0.542 e. The molecule has 1 aromatic rings. The second-order valence-electron chi connectivity index (χ2n) is 5.48. The summed E-state index contributed by atoms with van der Waals surface area (Å²) in [6, 6.07) is 3.68. The van der Waals surface area contributed by atoms with Crippen LogP contribution < -0.4 is 5.11 Å². The van der Waals surface area contributed by atoms with Crippen LogP contribution in [0.5, 0.6) is 0 Å². The second-order valence-corrected chi connectivity index (χ2v) is 8.96. The number of benzene rings is 1. The van der Waals surface area contributed by atoms with Gasteiger partial charge in [-0.15, -0.1) is 0 Å². The highest BCUT2D eigenvalue weighted by molar-refractivity contribution is 14.1. The van der Waals surface area contributed by atoms with Crippen molar-refractivity contribution in [2.45, 2.75) is 44.0 Å². The van der Waals surface area contributed by atoms with Crippen LogP contribution in [-0.2, 0) is 14.3 Å². The zero-order valence-corrected chi connectivity index (χ0v) is 19.0. The Labute approximate surface area is 183 Å². The van der Waals surface area contributed by atoms with Gasteiger partial charge in [-0.2, -0.15) is 8.78 Å². The van der Waals surface area contributed by atoms with Crippen LogP contribution in [0.3, 0.4) is 0 Å². The van der Waals surface area contributed by atoms with Crippen molar-refractivity contribution in [1.82, 2.24) is 0 Å². The highest BCUT2D eigenvalue weighted by Crippen LogP contribution is 2.30. The van der Waals surface area contributed by atoms with Gasteiger partial charge >= 0.3 is 12.1 Å². The van der Waals surface area contributed by atoms with Gasteiger partial charge in [-0.05, 0) is 106 Å². The van der Waals surface area contributed by atoms with E-state index in [1.165, 1.54) is 0 Å². The number of rotatable bonds is 5. The molecule has 138 valence electrons. The van der Waals surface area contributed by atoms with E-state index in [1.807, 2.05) is 6.07 Å². The minimum Gasteiger partial charge on any atom is -0.542 e. The third-order valence-corrected chi connectivity index (χ3v) is 7.33. The number of carbonyl (C=O) groups is 2. The topological polar surface area (TPSA) is 75.7 Å². The summed E-state index contributed by atoms with van der Waals surface area (Å²) in [6.45, 7) is 0. The first kappa shape index (κ1) is 21.5. The quantitative estimate of drug-likeness (QED) is 0.270. The number of carboxylic acids is 1. The van der Waals surface area contributed by atoms with Gasteiger partial charge in [0.15, 0.2) is 0 Å². The summed E-state index contributed by atoms with van der Waals surface area (Å²) in [4.78, 5) is 22.7. The van der Waals surface area contributed by atoms with Crippen molar-refractivity contribution < 1.29 is 33.0 Å². The van der Waals surface area contributed by atoms with E-state index in [1.54, 1.807) is 6.07 Å². The summed E-state index contributed by atoms with van der Waals surface area (Å²) in [5, 5.41) is 10.3. The summed E-state index contributed by atoms with van der Waals surface area (Å²) in [6.07, 6.45) is -4.59. The fourth-order valence-corrected chi connectivity index (χ4v) is 4.82. The number of hydrogen-bond acceptors (Lipinski definition) is 5. The van der Waals surface area contributed by atoms with Crippen LogP contribution in [0.4, 0.5) is 8.78 Å². The molecule has 0 aromatic heterocycles. The molecular formula is C15H12F2I3O5-. The van der Waals surface area contributed by atoms with Gasteiger partial charge in [-0.3, -0.25) is 0 Å². The predicted molar refractivity (Wildman–Crippen MR) is 107 cm³/mol. The van der Waals surface area contributed by atoms with E-state index in [9.17, 15) is 23.5 Å². The van der Waals surface area contributed by atoms with Gasteiger partial charge in [0.25, 0.3) is 0 Å². The molecule has 0 spiro atoms. The fraction of sp³-hybridized carbons (Fsp3) is 0.467. The lowest BCUT2D eigenvalue weighted by atomic mass is 9.95. The van der Waals surface area contributed by atoms with Gasteiger partial charge in [0, 0.05) is 10.7 Å². The minimum absolute atomic E-state index is 0.182. The standard InChI is InChI=1S/C15H13F2I3O5/c16-15(17,14(22)23)25-9-3-1-8(2-4-9)24-13(21)10-5-7(18)6-11(19)12(10)20/h5-6,8-9H,1-4H2,(H,22,23)/p-1. The molecule has 1 aliphatic rings. The summed E-state index contributed by atoms with van der Waals surface area (Å²) < 4.78 is 38.4. The number of carbonyl (C=O) groups excluding carboxylic acids is 2. The first-order valence-corrected chi connectivity index (χ1v) is 10.5. The van der Waals surface area contributed by atoms with E-state index in [0.717, 1.165) is 10.7 Å². The van der Waals surface area contributed by atoms with Crippen LogP contribution in [0.15, 0.2) is 12.1 Å². The van der Waals surface area contributed by atoms with Gasteiger partial charge in [-0.25, -0.2) is 4.79 Å². The molecule has 1 saturated carbocycles. The summed E-state index contributed by atoms with van der Waals surface area (Å²) in [5.41, 5.74) is 0.471. The first-order chi connectivity index (χ1) is 11.6. The molecule has 0 amide bonds. The average molecular weight is 691 g/mol. The number of aliphatic carboxylic acids is 1. The molecule has 1 aliphatic carbocycles. The molecule has 0 unspecified atom stereocenters. The van der Waals surface area contributed by atoms with Crippen molar-refractivity contribution in [2.24, 2.45) is 0 Å². The number of esters is 1. The van der Waals surface area contributed by atoms with Crippen LogP contribution in [0.2, 0.25) is 0 Å². The fourth-order valence-electron chi connectivity index (χ4n) is 2.44. The molecule has 0 saturated heterocycles. The van der Waals surface area contributed by atoms with Crippen LogP contribution in [0, 0.1) is 10.7 Å². The molecular weight excluding hydrogens is 679 g/mol. The maximum Gasteiger partial charge on any atom is 0.397 e. The summed E-state index contributed by atoms with van der Waals surface area (Å²) in [5.74, 6) is -3.01. The number of carboxylic acid groups (broad SMARTS) is 1. The second kappa shape index (κ2) is 8.91. The van der Waals surface area contributed by atoms with Crippen molar-refractivity contribution in [3.8, 4) is 0 Å².